The maximum Gasteiger partial charge on any atom is 0.335 e. The molecule has 1 unspecified atom stereocenters. The van der Waals surface area contributed by atoms with Crippen LogP contribution in [-0.4, -0.2) is 30.2 Å². The first-order chi connectivity index (χ1) is 8.22. The fraction of sp³-hybridized carbons (Fsp3) is 0.643. The molecule has 0 bridgehead atoms. The fourth-order valence-corrected chi connectivity index (χ4v) is 2.01. The molecule has 0 N–H and O–H groups in total. The molecular weight excluding hydrogens is 214 g/mol. The summed E-state index contributed by atoms with van der Waals surface area (Å²) in [6.45, 7) is 8.03. The van der Waals surface area contributed by atoms with Gasteiger partial charge in [-0.05, 0) is 32.4 Å². The van der Waals surface area contributed by atoms with E-state index >= 15 is 0 Å². The van der Waals surface area contributed by atoms with Gasteiger partial charge >= 0.3 is 5.97 Å². The Kier molecular flexibility index (Phi) is 5.98. The zero-order chi connectivity index (χ0) is 12.7. The van der Waals surface area contributed by atoms with Crippen LogP contribution in [0.3, 0.4) is 0 Å². The van der Waals surface area contributed by atoms with Crippen LogP contribution < -0.4 is 0 Å². The van der Waals surface area contributed by atoms with Crippen molar-refractivity contribution in [3.63, 3.8) is 0 Å². The van der Waals surface area contributed by atoms with Crippen molar-refractivity contribution in [2.45, 2.75) is 46.3 Å². The second kappa shape index (κ2) is 7.28. The number of allylic oxidation sites excluding steroid dienone is 3. The first-order valence-electron chi connectivity index (χ1n) is 6.51. The highest BCUT2D eigenvalue weighted by Crippen LogP contribution is 2.15. The van der Waals surface area contributed by atoms with Crippen LogP contribution in [0.25, 0.3) is 0 Å². The van der Waals surface area contributed by atoms with Gasteiger partial charge in [0.2, 0.25) is 0 Å². The van der Waals surface area contributed by atoms with E-state index in [1.54, 1.807) is 0 Å². The zero-order valence-electron chi connectivity index (χ0n) is 11.1. The number of hydrogen-bond acceptors (Lipinski definition) is 3. The van der Waals surface area contributed by atoms with Crippen molar-refractivity contribution in [3.8, 4) is 0 Å². The molecule has 0 aromatic heterocycles. The van der Waals surface area contributed by atoms with E-state index in [1.807, 2.05) is 19.1 Å². The van der Waals surface area contributed by atoms with Gasteiger partial charge in [0.15, 0.2) is 6.23 Å². The van der Waals surface area contributed by atoms with E-state index in [0.717, 1.165) is 31.5 Å². The number of esters is 1. The summed E-state index contributed by atoms with van der Waals surface area (Å²) in [6.07, 6.45) is 8.32. The third kappa shape index (κ3) is 4.00. The van der Waals surface area contributed by atoms with Crippen LogP contribution in [0.2, 0.25) is 0 Å². The van der Waals surface area contributed by atoms with E-state index in [1.165, 1.54) is 0 Å². The summed E-state index contributed by atoms with van der Waals surface area (Å²) in [6, 6.07) is 0. The van der Waals surface area contributed by atoms with E-state index < -0.39 is 0 Å². The Labute approximate surface area is 104 Å². The SMILES string of the molecule is CCC(OC(=O)C1=CCC=CC1)N(CC)CC. The van der Waals surface area contributed by atoms with E-state index in [4.69, 9.17) is 4.74 Å². The number of carbonyl (C=O) groups is 1. The quantitative estimate of drug-likeness (QED) is 0.404. The minimum Gasteiger partial charge on any atom is -0.443 e. The van der Waals surface area contributed by atoms with Gasteiger partial charge in [-0.3, -0.25) is 4.90 Å². The number of carbonyl (C=O) groups excluding carboxylic acids is 1. The van der Waals surface area contributed by atoms with Crippen LogP contribution in [0.1, 0.15) is 40.0 Å². The molecule has 0 radical (unpaired) electrons. The van der Waals surface area contributed by atoms with Crippen LogP contribution >= 0.6 is 0 Å². The summed E-state index contributed by atoms with van der Waals surface area (Å²) in [5, 5.41) is 0. The first-order valence-corrected chi connectivity index (χ1v) is 6.51. The third-order valence-corrected chi connectivity index (χ3v) is 3.08. The van der Waals surface area contributed by atoms with Crippen molar-refractivity contribution in [2.75, 3.05) is 13.1 Å². The lowest BCUT2D eigenvalue weighted by Gasteiger charge is -2.28. The Morgan fingerprint density at radius 2 is 2.06 bits per heavy atom. The summed E-state index contributed by atoms with van der Waals surface area (Å²) in [7, 11) is 0. The minimum atomic E-state index is -0.159. The lowest BCUT2D eigenvalue weighted by molar-refractivity contribution is -0.154. The number of hydrogen-bond donors (Lipinski definition) is 0. The standard InChI is InChI=1S/C14H23NO2/c1-4-13(15(5-2)6-3)17-14(16)12-10-8-7-9-11-12/h7-8,11,13H,4-6,9-10H2,1-3H3. The van der Waals surface area contributed by atoms with Gasteiger partial charge in [-0.25, -0.2) is 4.79 Å². The molecule has 0 spiro atoms. The summed E-state index contributed by atoms with van der Waals surface area (Å²) in [5.74, 6) is -0.159. The molecule has 0 aromatic rings. The third-order valence-electron chi connectivity index (χ3n) is 3.08. The fourth-order valence-electron chi connectivity index (χ4n) is 2.01. The predicted octanol–water partition coefficient (Wildman–Crippen LogP) is 2.88. The van der Waals surface area contributed by atoms with Gasteiger partial charge in [-0.15, -0.1) is 0 Å². The molecule has 0 amide bonds. The van der Waals surface area contributed by atoms with Gasteiger partial charge in [0.05, 0.1) is 0 Å². The molecule has 1 aliphatic carbocycles. The summed E-state index contributed by atoms with van der Waals surface area (Å²) in [4.78, 5) is 14.1. The molecule has 3 nitrogen and oxygen atoms in total. The van der Waals surface area contributed by atoms with Gasteiger partial charge in [-0.1, -0.05) is 39.0 Å². The van der Waals surface area contributed by atoms with E-state index in [-0.39, 0.29) is 12.2 Å². The molecule has 0 fully saturated rings. The maximum atomic E-state index is 12.0. The summed E-state index contributed by atoms with van der Waals surface area (Å²) in [5.41, 5.74) is 0.790. The van der Waals surface area contributed by atoms with Gasteiger partial charge in [0.25, 0.3) is 0 Å². The molecule has 96 valence electrons. The van der Waals surface area contributed by atoms with E-state index in [2.05, 4.69) is 24.8 Å². The maximum absolute atomic E-state index is 12.0. The molecule has 1 rings (SSSR count). The lowest BCUT2D eigenvalue weighted by atomic mass is 10.1. The predicted molar refractivity (Wildman–Crippen MR) is 69.5 cm³/mol. The number of rotatable bonds is 6. The molecule has 0 aliphatic heterocycles. The van der Waals surface area contributed by atoms with E-state index in [9.17, 15) is 4.79 Å². The molecule has 17 heavy (non-hydrogen) atoms. The molecular formula is C14H23NO2. The molecule has 0 heterocycles. The van der Waals surface area contributed by atoms with Crippen molar-refractivity contribution in [1.29, 1.82) is 0 Å². The van der Waals surface area contributed by atoms with E-state index in [0.29, 0.717) is 6.42 Å². The van der Waals surface area contributed by atoms with Crippen LogP contribution in [-0.2, 0) is 9.53 Å². The average Bonchev–Trinajstić information content (AvgIpc) is 2.39. The Hall–Kier alpha value is -1.09. The molecule has 3 heteroatoms. The highest BCUT2D eigenvalue weighted by Gasteiger charge is 2.20. The molecule has 0 saturated carbocycles. The molecule has 1 atom stereocenters. The molecule has 0 aromatic carbocycles. The van der Waals surface area contributed by atoms with Crippen molar-refractivity contribution in [2.24, 2.45) is 0 Å². The van der Waals surface area contributed by atoms with Crippen LogP contribution in [0.15, 0.2) is 23.8 Å². The van der Waals surface area contributed by atoms with Crippen LogP contribution in [0.4, 0.5) is 0 Å². The topological polar surface area (TPSA) is 29.5 Å². The Morgan fingerprint density at radius 1 is 1.35 bits per heavy atom. The van der Waals surface area contributed by atoms with Crippen LogP contribution in [0, 0.1) is 0 Å². The van der Waals surface area contributed by atoms with Crippen molar-refractivity contribution in [3.05, 3.63) is 23.8 Å². The minimum absolute atomic E-state index is 0.0932. The smallest absolute Gasteiger partial charge is 0.335 e. The largest absolute Gasteiger partial charge is 0.443 e. The summed E-state index contributed by atoms with van der Waals surface area (Å²) >= 11 is 0. The van der Waals surface area contributed by atoms with Gasteiger partial charge in [-0.2, -0.15) is 0 Å². The Morgan fingerprint density at radius 3 is 2.53 bits per heavy atom. The Bertz CT molecular complexity index is 303. The second-order valence-electron chi connectivity index (χ2n) is 4.13. The van der Waals surface area contributed by atoms with Gasteiger partial charge in [0.1, 0.15) is 0 Å². The molecule has 1 aliphatic rings. The first kappa shape index (κ1) is 14.0. The highest BCUT2D eigenvalue weighted by molar-refractivity contribution is 5.89. The van der Waals surface area contributed by atoms with Crippen molar-refractivity contribution in [1.82, 2.24) is 4.90 Å². The lowest BCUT2D eigenvalue weighted by Crippen LogP contribution is -2.38. The number of nitrogens with zero attached hydrogens (tertiary/aromatic N) is 1. The van der Waals surface area contributed by atoms with Crippen molar-refractivity contribution < 1.29 is 9.53 Å². The van der Waals surface area contributed by atoms with Crippen molar-refractivity contribution >= 4 is 5.97 Å². The van der Waals surface area contributed by atoms with Crippen LogP contribution in [0.5, 0.6) is 0 Å². The van der Waals surface area contributed by atoms with Gasteiger partial charge in [0, 0.05) is 5.57 Å². The normalized spacial score (nSPS) is 16.8. The highest BCUT2D eigenvalue weighted by atomic mass is 16.6. The number of ether oxygens (including phenoxy) is 1. The zero-order valence-corrected chi connectivity index (χ0v) is 11.1. The second-order valence-corrected chi connectivity index (χ2v) is 4.13. The summed E-state index contributed by atoms with van der Waals surface area (Å²) < 4.78 is 5.57. The molecule has 0 saturated heterocycles. The average molecular weight is 237 g/mol. The Balaban J connectivity index is 2.55. The van der Waals surface area contributed by atoms with Gasteiger partial charge < -0.3 is 4.74 Å². The monoisotopic (exact) mass is 237 g/mol.